The van der Waals surface area contributed by atoms with Gasteiger partial charge >= 0.3 is 16.4 Å². The first kappa shape index (κ1) is 24.1. The number of thiazole rings is 1. The van der Waals surface area contributed by atoms with Crippen LogP contribution < -0.4 is 14.6 Å². The Morgan fingerprint density at radius 3 is 2.23 bits per heavy atom. The van der Waals surface area contributed by atoms with E-state index >= 15 is 0 Å². The number of carbonyl (C=O) groups excluding carboxylic acids is 1. The molecule has 1 aromatic heterocycles. The number of hydrogen-bond acceptors (Lipinski definition) is 7. The van der Waals surface area contributed by atoms with E-state index in [1.54, 1.807) is 32.9 Å². The molecule has 0 aliphatic carbocycles. The average Bonchev–Trinajstić information content (AvgIpc) is 3.03. The Morgan fingerprint density at radius 2 is 1.77 bits per heavy atom. The predicted octanol–water partition coefficient (Wildman–Crippen LogP) is 3.83. The van der Waals surface area contributed by atoms with Crippen molar-refractivity contribution in [1.82, 2.24) is 10.3 Å². The number of aromatic nitrogens is 1. The van der Waals surface area contributed by atoms with Crippen LogP contribution in [0.4, 0.5) is 4.79 Å². The molecule has 0 radical (unpaired) electrons. The molecule has 0 aliphatic rings. The van der Waals surface area contributed by atoms with Crippen LogP contribution in [0.15, 0.2) is 29.6 Å². The van der Waals surface area contributed by atoms with Gasteiger partial charge in [0.1, 0.15) is 16.4 Å². The molecule has 0 saturated heterocycles. The van der Waals surface area contributed by atoms with Gasteiger partial charge in [0, 0.05) is 10.8 Å². The fourth-order valence-corrected chi connectivity index (χ4v) is 3.97. The average molecular weight is 456 g/mol. The monoisotopic (exact) mass is 455 g/mol. The van der Waals surface area contributed by atoms with E-state index in [0.717, 1.165) is 16.3 Å². The van der Waals surface area contributed by atoms with Crippen molar-refractivity contribution in [3.63, 3.8) is 0 Å². The first-order valence-electron chi connectivity index (χ1n) is 9.39. The molecule has 2 aromatic rings. The van der Waals surface area contributed by atoms with Crippen LogP contribution in [-0.2, 0) is 26.9 Å². The van der Waals surface area contributed by atoms with Crippen LogP contribution in [0.25, 0.3) is 0 Å². The highest BCUT2D eigenvalue weighted by Crippen LogP contribution is 2.29. The number of nitrogens with one attached hydrogen (secondary N) is 1. The number of ether oxygens (including phenoxy) is 1. The molecule has 0 unspecified atom stereocenters. The van der Waals surface area contributed by atoms with Gasteiger partial charge in [-0.15, -0.1) is 11.3 Å². The van der Waals surface area contributed by atoms with Gasteiger partial charge in [-0.3, -0.25) is 0 Å². The summed E-state index contributed by atoms with van der Waals surface area (Å²) in [6.07, 6.45) is -0.0967. The lowest BCUT2D eigenvalue weighted by Crippen LogP contribution is -2.35. The number of amides is 1. The Kier molecular flexibility index (Phi) is 7.16. The molecule has 1 aromatic carbocycles. The fourth-order valence-electron chi connectivity index (χ4n) is 2.49. The van der Waals surface area contributed by atoms with Crippen molar-refractivity contribution in [2.75, 3.05) is 0 Å². The van der Waals surface area contributed by atoms with E-state index in [9.17, 15) is 13.2 Å². The third kappa shape index (κ3) is 7.92. The summed E-state index contributed by atoms with van der Waals surface area (Å²) in [5.74, 6) is 0.113. The molecular weight excluding hydrogens is 426 g/mol. The Morgan fingerprint density at radius 1 is 1.17 bits per heavy atom. The summed E-state index contributed by atoms with van der Waals surface area (Å²) < 4.78 is 32.2. The summed E-state index contributed by atoms with van der Waals surface area (Å²) in [6.45, 7) is 11.6. The van der Waals surface area contributed by atoms with Crippen LogP contribution in [-0.4, -0.2) is 25.1 Å². The summed E-state index contributed by atoms with van der Waals surface area (Å²) in [5, 5.41) is 10.5. The van der Waals surface area contributed by atoms with Gasteiger partial charge in [-0.05, 0) is 44.9 Å². The quantitative estimate of drug-likeness (QED) is 0.683. The van der Waals surface area contributed by atoms with Crippen LogP contribution in [0.1, 0.15) is 63.8 Å². The molecule has 2 rings (SSSR count). The Bertz CT molecular complexity index is 971. The molecule has 0 bridgehead atoms. The first-order valence-corrected chi connectivity index (χ1v) is 11.7. The number of nitrogens with zero attached hydrogens (tertiary/aromatic N) is 1. The molecule has 1 heterocycles. The van der Waals surface area contributed by atoms with Crippen molar-refractivity contribution in [2.45, 2.75) is 65.0 Å². The van der Waals surface area contributed by atoms with Crippen molar-refractivity contribution < 1.29 is 22.1 Å². The summed E-state index contributed by atoms with van der Waals surface area (Å²) in [7, 11) is -4.08. The lowest BCUT2D eigenvalue weighted by atomic mass is 9.93. The molecule has 166 valence electrons. The van der Waals surface area contributed by atoms with Crippen LogP contribution in [0.2, 0.25) is 0 Å². The van der Waals surface area contributed by atoms with E-state index in [1.807, 2.05) is 5.38 Å². The van der Waals surface area contributed by atoms with Gasteiger partial charge in [-0.2, -0.15) is 13.6 Å². The Balaban J connectivity index is 2.25. The molecule has 0 spiro atoms. The van der Waals surface area contributed by atoms with Crippen LogP contribution in [0.3, 0.4) is 0 Å². The van der Waals surface area contributed by atoms with Crippen molar-refractivity contribution in [1.29, 1.82) is 0 Å². The van der Waals surface area contributed by atoms with Gasteiger partial charge in [0.15, 0.2) is 0 Å². The van der Waals surface area contributed by atoms with Gasteiger partial charge in [0.25, 0.3) is 0 Å². The molecule has 0 saturated carbocycles. The minimum Gasteiger partial charge on any atom is -0.444 e. The minimum atomic E-state index is -4.08. The van der Waals surface area contributed by atoms with E-state index in [0.29, 0.717) is 6.42 Å². The lowest BCUT2D eigenvalue weighted by Gasteiger charge is -2.23. The van der Waals surface area contributed by atoms with Crippen molar-refractivity contribution in [3.8, 4) is 5.75 Å². The number of alkyl carbamates (subject to hydrolysis) is 1. The number of hydrogen-bond donors (Lipinski definition) is 2. The van der Waals surface area contributed by atoms with Gasteiger partial charge < -0.3 is 14.2 Å². The number of benzene rings is 1. The van der Waals surface area contributed by atoms with Gasteiger partial charge in [-0.1, -0.05) is 32.9 Å². The van der Waals surface area contributed by atoms with Crippen molar-refractivity contribution in [3.05, 3.63) is 45.9 Å². The number of nitrogens with two attached hydrogens (primary N) is 1. The van der Waals surface area contributed by atoms with E-state index in [1.165, 1.54) is 23.5 Å². The van der Waals surface area contributed by atoms with Crippen LogP contribution in [0.5, 0.6) is 5.75 Å². The molecule has 1 amide bonds. The third-order valence-electron chi connectivity index (χ3n) is 3.85. The van der Waals surface area contributed by atoms with Gasteiger partial charge in [0.2, 0.25) is 0 Å². The SMILES string of the molecule is CC(C)(C)OC(=O)N[C@@H](Cc1ccc(OS(N)(=O)=O)cc1)c1nc(C(C)(C)C)cs1. The van der Waals surface area contributed by atoms with Gasteiger partial charge in [-0.25, -0.2) is 9.78 Å². The second-order valence-electron chi connectivity index (χ2n) is 8.94. The molecule has 8 nitrogen and oxygen atoms in total. The van der Waals surface area contributed by atoms with Crippen LogP contribution in [0, 0.1) is 0 Å². The minimum absolute atomic E-state index is 0.113. The fraction of sp³-hybridized carbons (Fsp3) is 0.500. The molecule has 3 N–H and O–H groups in total. The normalized spacial score (nSPS) is 13.6. The van der Waals surface area contributed by atoms with Gasteiger partial charge in [0.05, 0.1) is 11.7 Å². The number of carbonyl (C=O) groups is 1. The Hall–Kier alpha value is -2.17. The maximum Gasteiger partial charge on any atom is 0.408 e. The Labute approximate surface area is 182 Å². The van der Waals surface area contributed by atoms with E-state index < -0.39 is 28.0 Å². The predicted molar refractivity (Wildman–Crippen MR) is 117 cm³/mol. The third-order valence-corrected chi connectivity index (χ3v) is 5.24. The summed E-state index contributed by atoms with van der Waals surface area (Å²) >= 11 is 1.47. The molecular formula is C20H29N3O5S2. The standard InChI is InChI=1S/C20H29N3O5S2/c1-19(2,3)16-12-29-17(23-16)15(22-18(24)27-20(4,5)6)11-13-7-9-14(10-8-13)28-30(21,25)26/h7-10,12,15H,11H2,1-6H3,(H,22,24)(H2,21,25,26)/t15-/m0/s1. The number of rotatable bonds is 6. The zero-order chi connectivity index (χ0) is 22.7. The topological polar surface area (TPSA) is 121 Å². The van der Waals surface area contributed by atoms with E-state index in [2.05, 4.69) is 30.3 Å². The molecule has 10 heteroatoms. The highest BCUT2D eigenvalue weighted by atomic mass is 32.2. The molecule has 0 fully saturated rings. The molecule has 1 atom stereocenters. The smallest absolute Gasteiger partial charge is 0.408 e. The summed E-state index contributed by atoms with van der Waals surface area (Å²) in [6, 6.07) is 6.02. The van der Waals surface area contributed by atoms with E-state index in [4.69, 9.17) is 14.9 Å². The second kappa shape index (κ2) is 8.91. The van der Waals surface area contributed by atoms with Crippen LogP contribution >= 0.6 is 11.3 Å². The highest BCUT2D eigenvalue weighted by molar-refractivity contribution is 7.84. The maximum atomic E-state index is 12.4. The highest BCUT2D eigenvalue weighted by Gasteiger charge is 2.25. The second-order valence-corrected chi connectivity index (χ2v) is 11.0. The lowest BCUT2D eigenvalue weighted by molar-refractivity contribution is 0.0503. The zero-order valence-electron chi connectivity index (χ0n) is 18.1. The molecule has 30 heavy (non-hydrogen) atoms. The first-order chi connectivity index (χ1) is 13.6. The largest absolute Gasteiger partial charge is 0.444 e. The van der Waals surface area contributed by atoms with Crippen molar-refractivity contribution in [2.24, 2.45) is 5.14 Å². The zero-order valence-corrected chi connectivity index (χ0v) is 19.7. The summed E-state index contributed by atoms with van der Waals surface area (Å²) in [4.78, 5) is 17.1. The van der Waals surface area contributed by atoms with Crippen molar-refractivity contribution >= 4 is 27.7 Å². The maximum absolute atomic E-state index is 12.4. The summed E-state index contributed by atoms with van der Waals surface area (Å²) in [5.41, 5.74) is 1.05. The molecule has 0 aliphatic heterocycles. The van der Waals surface area contributed by atoms with E-state index in [-0.39, 0.29) is 11.2 Å².